The zero-order chi connectivity index (χ0) is 21.8. The van der Waals surface area contributed by atoms with Crippen molar-refractivity contribution in [2.45, 2.75) is 31.4 Å². The number of H-pyrrole nitrogens is 1. The summed E-state index contributed by atoms with van der Waals surface area (Å²) in [4.78, 5) is 4.14. The number of aliphatic hydroxyl groups is 1. The van der Waals surface area contributed by atoms with Crippen molar-refractivity contribution in [1.82, 2.24) is 9.88 Å². The molecule has 160 valence electrons. The van der Waals surface area contributed by atoms with Crippen LogP contribution in [0.1, 0.15) is 29.8 Å². The van der Waals surface area contributed by atoms with Crippen LogP contribution in [-0.2, 0) is 6.42 Å². The van der Waals surface area contributed by atoms with Gasteiger partial charge in [0.05, 0.1) is 18.1 Å². The maximum Gasteiger partial charge on any atom is 0.283 e. The Kier molecular flexibility index (Phi) is 5.40. The van der Waals surface area contributed by atoms with Gasteiger partial charge in [0.15, 0.2) is 0 Å². The van der Waals surface area contributed by atoms with Gasteiger partial charge in [0.1, 0.15) is 24.1 Å². The molecule has 2 unspecified atom stereocenters. The monoisotopic (exact) mass is 488 g/mol. The van der Waals surface area contributed by atoms with Crippen molar-refractivity contribution < 1.29 is 27.1 Å². The Bertz CT molecular complexity index is 1090. The summed E-state index contributed by atoms with van der Waals surface area (Å²) in [6, 6.07) is 4.78. The van der Waals surface area contributed by atoms with Crippen molar-refractivity contribution in [2.24, 2.45) is 0 Å². The number of aromatic amines is 1. The van der Waals surface area contributed by atoms with Gasteiger partial charge in [-0.1, -0.05) is 28.1 Å². The highest BCUT2D eigenvalue weighted by Gasteiger charge is 2.43. The molecule has 9 heteroatoms. The highest BCUT2D eigenvalue weighted by Crippen LogP contribution is 2.44. The Balaban J connectivity index is 1.98. The number of nitrogens with zero attached hydrogens (tertiary/aromatic N) is 1. The molecule has 2 atom stereocenters. The normalized spacial score (nSPS) is 20.0. The van der Waals surface area contributed by atoms with Crippen LogP contribution >= 0.6 is 15.9 Å². The zero-order valence-electron chi connectivity index (χ0n) is 15.8. The summed E-state index contributed by atoms with van der Waals surface area (Å²) in [6.45, 7) is -0.653. The molecule has 0 saturated heterocycles. The van der Waals surface area contributed by atoms with Gasteiger partial charge in [-0.3, -0.25) is 4.90 Å². The molecule has 3 aromatic rings. The van der Waals surface area contributed by atoms with Crippen molar-refractivity contribution in [3.8, 4) is 0 Å². The van der Waals surface area contributed by atoms with Gasteiger partial charge in [-0.2, -0.15) is 0 Å². The van der Waals surface area contributed by atoms with E-state index in [0.717, 1.165) is 12.1 Å². The van der Waals surface area contributed by atoms with E-state index in [1.54, 1.807) is 13.0 Å². The Labute approximate surface area is 177 Å². The van der Waals surface area contributed by atoms with Crippen LogP contribution in [0.3, 0.4) is 0 Å². The number of rotatable bonds is 4. The molecule has 1 aliphatic rings. The first kappa shape index (κ1) is 21.3. The molecule has 0 amide bonds. The highest BCUT2D eigenvalue weighted by atomic mass is 79.9. The van der Waals surface area contributed by atoms with Gasteiger partial charge in [-0.25, -0.2) is 22.0 Å². The van der Waals surface area contributed by atoms with Gasteiger partial charge in [-0.15, -0.1) is 0 Å². The third kappa shape index (κ3) is 3.52. The first-order chi connectivity index (χ1) is 14.1. The standard InChI is InChI=1S/C21H18BrF5N2O/c1-10-5-13-12-3-2-4-14(23)18(12)28-19(13)20(29(10)8-21(26,27)9-30)17-15(24)6-11(22)7-16(17)25/h2-4,6-7,10,20,28,30H,5,8-9H2,1H3. The molecule has 2 aromatic carbocycles. The number of hydrogen-bond donors (Lipinski definition) is 2. The van der Waals surface area contributed by atoms with E-state index < -0.39 is 54.2 Å². The van der Waals surface area contributed by atoms with E-state index in [4.69, 9.17) is 5.11 Å². The quantitative estimate of drug-likeness (QED) is 0.488. The second kappa shape index (κ2) is 7.62. The van der Waals surface area contributed by atoms with E-state index in [9.17, 15) is 22.0 Å². The molecule has 2 heterocycles. The maximum absolute atomic E-state index is 14.9. The fourth-order valence-electron chi connectivity index (χ4n) is 4.23. The predicted octanol–water partition coefficient (Wildman–Crippen LogP) is 5.31. The van der Waals surface area contributed by atoms with Crippen LogP contribution < -0.4 is 0 Å². The van der Waals surface area contributed by atoms with Crippen molar-refractivity contribution >= 4 is 26.8 Å². The van der Waals surface area contributed by atoms with Crippen molar-refractivity contribution in [3.63, 3.8) is 0 Å². The highest BCUT2D eigenvalue weighted by molar-refractivity contribution is 9.10. The average molecular weight is 489 g/mol. The lowest BCUT2D eigenvalue weighted by Gasteiger charge is -2.42. The molecule has 0 spiro atoms. The van der Waals surface area contributed by atoms with Gasteiger partial charge in [0.25, 0.3) is 5.92 Å². The molecule has 0 fully saturated rings. The van der Waals surface area contributed by atoms with Crippen LogP contribution in [0, 0.1) is 17.5 Å². The molecule has 30 heavy (non-hydrogen) atoms. The van der Waals surface area contributed by atoms with Crippen LogP contribution in [0.4, 0.5) is 22.0 Å². The number of halogens is 6. The summed E-state index contributed by atoms with van der Waals surface area (Å²) in [7, 11) is 0. The summed E-state index contributed by atoms with van der Waals surface area (Å²) in [6.07, 6.45) is 0.274. The number of nitrogens with one attached hydrogen (secondary N) is 1. The predicted molar refractivity (Wildman–Crippen MR) is 106 cm³/mol. The van der Waals surface area contributed by atoms with Crippen molar-refractivity contribution in [2.75, 3.05) is 13.2 Å². The summed E-state index contributed by atoms with van der Waals surface area (Å²) in [5.74, 6) is -5.85. The molecular weight excluding hydrogens is 471 g/mol. The third-order valence-electron chi connectivity index (χ3n) is 5.56. The maximum atomic E-state index is 14.9. The van der Waals surface area contributed by atoms with E-state index >= 15 is 0 Å². The number of hydrogen-bond acceptors (Lipinski definition) is 2. The lowest BCUT2D eigenvalue weighted by Crippen LogP contribution is -2.49. The van der Waals surface area contributed by atoms with Gasteiger partial charge < -0.3 is 10.1 Å². The fraction of sp³-hybridized carbons (Fsp3) is 0.333. The van der Waals surface area contributed by atoms with E-state index in [1.165, 1.54) is 17.0 Å². The van der Waals surface area contributed by atoms with Crippen LogP contribution in [0.5, 0.6) is 0 Å². The molecule has 0 saturated carbocycles. The van der Waals surface area contributed by atoms with Crippen LogP contribution in [0.15, 0.2) is 34.8 Å². The summed E-state index contributed by atoms with van der Waals surface area (Å²) in [5.41, 5.74) is 0.648. The van der Waals surface area contributed by atoms with E-state index in [2.05, 4.69) is 20.9 Å². The van der Waals surface area contributed by atoms with E-state index in [0.29, 0.717) is 10.9 Å². The number of alkyl halides is 2. The smallest absolute Gasteiger partial charge is 0.283 e. The van der Waals surface area contributed by atoms with Crippen LogP contribution in [0.2, 0.25) is 0 Å². The van der Waals surface area contributed by atoms with E-state index in [1.807, 2.05) is 0 Å². The zero-order valence-corrected chi connectivity index (χ0v) is 17.4. The summed E-state index contributed by atoms with van der Waals surface area (Å²) >= 11 is 3.02. The van der Waals surface area contributed by atoms with Gasteiger partial charge in [0.2, 0.25) is 0 Å². The van der Waals surface area contributed by atoms with Crippen molar-refractivity contribution in [3.05, 3.63) is 69.1 Å². The molecule has 2 N–H and O–H groups in total. The molecular formula is C21H18BrF5N2O. The molecule has 1 aromatic heterocycles. The second-order valence-electron chi connectivity index (χ2n) is 7.60. The Morgan fingerprint density at radius 2 is 1.83 bits per heavy atom. The molecule has 0 aliphatic carbocycles. The topological polar surface area (TPSA) is 39.3 Å². The number of aliphatic hydroxyl groups excluding tert-OH is 1. The van der Waals surface area contributed by atoms with Gasteiger partial charge in [0, 0.05) is 27.2 Å². The number of aromatic nitrogens is 1. The third-order valence-corrected chi connectivity index (χ3v) is 6.01. The van der Waals surface area contributed by atoms with E-state index in [-0.39, 0.29) is 22.1 Å². The first-order valence-electron chi connectivity index (χ1n) is 9.31. The Hall–Kier alpha value is -1.97. The van der Waals surface area contributed by atoms with Crippen LogP contribution in [-0.4, -0.2) is 40.1 Å². The summed E-state index contributed by atoms with van der Waals surface area (Å²) in [5, 5.41) is 9.62. The van der Waals surface area contributed by atoms with Crippen LogP contribution in [0.25, 0.3) is 10.9 Å². The molecule has 0 bridgehead atoms. The Morgan fingerprint density at radius 3 is 2.47 bits per heavy atom. The number of benzene rings is 2. The lowest BCUT2D eigenvalue weighted by atomic mass is 9.88. The minimum atomic E-state index is -3.48. The second-order valence-corrected chi connectivity index (χ2v) is 8.52. The molecule has 1 aliphatic heterocycles. The lowest BCUT2D eigenvalue weighted by molar-refractivity contribution is -0.0869. The Morgan fingerprint density at radius 1 is 1.17 bits per heavy atom. The number of fused-ring (bicyclic) bond motifs is 3. The number of para-hydroxylation sites is 1. The molecule has 3 nitrogen and oxygen atoms in total. The largest absolute Gasteiger partial charge is 0.390 e. The minimum absolute atomic E-state index is 0.161. The fourth-order valence-corrected chi connectivity index (χ4v) is 4.64. The minimum Gasteiger partial charge on any atom is -0.390 e. The summed E-state index contributed by atoms with van der Waals surface area (Å²) < 4.78 is 72.7. The average Bonchev–Trinajstić information content (AvgIpc) is 3.03. The molecule has 0 radical (unpaired) electrons. The van der Waals surface area contributed by atoms with Crippen molar-refractivity contribution in [1.29, 1.82) is 0 Å². The van der Waals surface area contributed by atoms with Gasteiger partial charge >= 0.3 is 0 Å². The molecule has 4 rings (SSSR count). The van der Waals surface area contributed by atoms with Gasteiger partial charge in [-0.05, 0) is 37.1 Å². The SMILES string of the molecule is CC1Cc2c([nH]c3c(F)cccc23)C(c2c(F)cc(Br)cc2F)N1CC(F)(F)CO. The first-order valence-corrected chi connectivity index (χ1v) is 10.1.